The molecule has 4 heterocycles. The summed E-state index contributed by atoms with van der Waals surface area (Å²) in [5, 5.41) is 6.21. The van der Waals surface area contributed by atoms with E-state index in [0.717, 1.165) is 42.6 Å². The average Bonchev–Trinajstić information content (AvgIpc) is 3.51. The molecule has 0 radical (unpaired) electrons. The van der Waals surface area contributed by atoms with Crippen LogP contribution in [-0.4, -0.2) is 41.7 Å². The Labute approximate surface area is 216 Å². The molecule has 3 atom stereocenters. The van der Waals surface area contributed by atoms with Crippen molar-refractivity contribution in [2.24, 2.45) is 0 Å². The zero-order valence-corrected chi connectivity index (χ0v) is 20.8. The van der Waals surface area contributed by atoms with E-state index >= 15 is 0 Å². The van der Waals surface area contributed by atoms with Gasteiger partial charge in [0.1, 0.15) is 5.82 Å². The van der Waals surface area contributed by atoms with Gasteiger partial charge in [0.2, 0.25) is 6.79 Å². The van der Waals surface area contributed by atoms with Gasteiger partial charge in [-0.1, -0.05) is 30.3 Å². The van der Waals surface area contributed by atoms with Crippen molar-refractivity contribution < 1.29 is 19.1 Å². The Bertz CT molecular complexity index is 1300. The second kappa shape index (κ2) is 9.76. The number of rotatable bonds is 6. The number of pyridine rings is 1. The smallest absolute Gasteiger partial charge is 0.253 e. The van der Waals surface area contributed by atoms with Gasteiger partial charge in [-0.25, -0.2) is 4.98 Å². The molecule has 3 aromatic rings. The Morgan fingerprint density at radius 2 is 1.76 bits per heavy atom. The number of fused-ring (bicyclic) bond motifs is 3. The number of hydrogen-bond acceptors (Lipinski definition) is 6. The van der Waals surface area contributed by atoms with E-state index in [1.54, 1.807) is 12.3 Å². The number of anilines is 1. The number of nitrogens with one attached hydrogen (secondary N) is 2. The normalized spacial score (nSPS) is 21.5. The summed E-state index contributed by atoms with van der Waals surface area (Å²) in [6, 6.07) is 18.0. The van der Waals surface area contributed by atoms with E-state index in [4.69, 9.17) is 9.47 Å². The van der Waals surface area contributed by atoms with Gasteiger partial charge in [-0.15, -0.1) is 0 Å². The van der Waals surface area contributed by atoms with Gasteiger partial charge < -0.3 is 25.0 Å². The molecule has 1 aromatic heterocycles. The molecule has 2 amide bonds. The number of nitrogens with zero attached hydrogens (tertiary/aromatic N) is 2. The summed E-state index contributed by atoms with van der Waals surface area (Å²) in [6.45, 7) is 2.57. The highest BCUT2D eigenvalue weighted by atomic mass is 16.7. The largest absolute Gasteiger partial charge is 0.454 e. The third-order valence-electron chi connectivity index (χ3n) is 7.67. The molecule has 0 aliphatic carbocycles. The van der Waals surface area contributed by atoms with Crippen LogP contribution in [0.25, 0.3) is 0 Å². The minimum atomic E-state index is -0.133. The van der Waals surface area contributed by atoms with Gasteiger partial charge in [-0.3, -0.25) is 9.59 Å². The fourth-order valence-electron chi connectivity index (χ4n) is 5.84. The second-order valence-corrected chi connectivity index (χ2v) is 9.98. The molecule has 2 N–H and O–H groups in total. The van der Waals surface area contributed by atoms with E-state index in [1.165, 1.54) is 0 Å². The predicted octanol–water partition coefficient (Wildman–Crippen LogP) is 3.98. The first kappa shape index (κ1) is 23.3. The van der Waals surface area contributed by atoms with Crippen molar-refractivity contribution in [2.45, 2.75) is 57.3 Å². The fourth-order valence-corrected chi connectivity index (χ4v) is 5.84. The monoisotopic (exact) mass is 498 g/mol. The summed E-state index contributed by atoms with van der Waals surface area (Å²) < 4.78 is 11.0. The SMILES string of the molecule is Cc1c(C(=O)NC2C[C@H]3CC[C@@H](C2)N3c2ccc(C(=O)NCc3ccccc3)cn2)ccc2c1OCO2. The van der Waals surface area contributed by atoms with Crippen molar-refractivity contribution >= 4 is 17.6 Å². The first-order chi connectivity index (χ1) is 18.1. The second-order valence-electron chi connectivity index (χ2n) is 9.98. The minimum Gasteiger partial charge on any atom is -0.454 e. The van der Waals surface area contributed by atoms with Crippen LogP contribution < -0.4 is 25.0 Å². The summed E-state index contributed by atoms with van der Waals surface area (Å²) >= 11 is 0. The van der Waals surface area contributed by atoms with Crippen LogP contribution in [-0.2, 0) is 6.54 Å². The predicted molar refractivity (Wildman–Crippen MR) is 139 cm³/mol. The zero-order valence-electron chi connectivity index (χ0n) is 20.8. The van der Waals surface area contributed by atoms with Crippen LogP contribution in [0.15, 0.2) is 60.8 Å². The van der Waals surface area contributed by atoms with Crippen LogP contribution in [0.5, 0.6) is 11.5 Å². The van der Waals surface area contributed by atoms with E-state index in [-0.39, 0.29) is 24.6 Å². The molecule has 37 heavy (non-hydrogen) atoms. The molecular weight excluding hydrogens is 468 g/mol. The van der Waals surface area contributed by atoms with Crippen LogP contribution in [0.4, 0.5) is 5.82 Å². The fraction of sp³-hybridized carbons (Fsp3) is 0.345. The Morgan fingerprint density at radius 1 is 0.973 bits per heavy atom. The first-order valence-corrected chi connectivity index (χ1v) is 12.8. The molecule has 2 saturated heterocycles. The quantitative estimate of drug-likeness (QED) is 0.534. The summed E-state index contributed by atoms with van der Waals surface area (Å²) in [7, 11) is 0. The third-order valence-corrected chi connectivity index (χ3v) is 7.67. The summed E-state index contributed by atoms with van der Waals surface area (Å²) in [4.78, 5) is 32.7. The Kier molecular flexibility index (Phi) is 6.16. The van der Waals surface area contributed by atoms with Crippen molar-refractivity contribution in [1.29, 1.82) is 0 Å². The van der Waals surface area contributed by atoms with Crippen LogP contribution in [0, 0.1) is 6.92 Å². The van der Waals surface area contributed by atoms with Crippen LogP contribution in [0.1, 0.15) is 57.5 Å². The van der Waals surface area contributed by atoms with E-state index in [0.29, 0.717) is 41.3 Å². The maximum atomic E-state index is 13.1. The maximum Gasteiger partial charge on any atom is 0.253 e. The van der Waals surface area contributed by atoms with Gasteiger partial charge in [-0.2, -0.15) is 0 Å². The number of carbonyl (C=O) groups is 2. The molecule has 6 rings (SSSR count). The number of aromatic nitrogens is 1. The van der Waals surface area contributed by atoms with Crippen molar-refractivity contribution in [3.8, 4) is 11.5 Å². The number of piperidine rings is 1. The van der Waals surface area contributed by atoms with Crippen molar-refractivity contribution in [1.82, 2.24) is 15.6 Å². The Morgan fingerprint density at radius 3 is 2.49 bits per heavy atom. The molecule has 8 heteroatoms. The van der Waals surface area contributed by atoms with Crippen LogP contribution in [0.3, 0.4) is 0 Å². The average molecular weight is 499 g/mol. The number of hydrogen-bond donors (Lipinski definition) is 2. The molecule has 190 valence electrons. The zero-order chi connectivity index (χ0) is 25.4. The summed E-state index contributed by atoms with van der Waals surface area (Å²) in [5.41, 5.74) is 3.04. The van der Waals surface area contributed by atoms with Gasteiger partial charge in [0, 0.05) is 42.0 Å². The molecule has 0 spiro atoms. The Balaban J connectivity index is 1.08. The van der Waals surface area contributed by atoms with Crippen LogP contribution in [0.2, 0.25) is 0 Å². The standard InChI is InChI=1S/C29H30N4O4/c1-18-24(10-11-25-27(18)37-17-36-25)29(35)32-21-13-22-8-9-23(14-21)33(22)26-12-7-20(16-30-26)28(34)31-15-19-5-3-2-4-6-19/h2-7,10-12,16,21-23H,8-9,13-15,17H2,1H3,(H,31,34)(H,32,35)/t21?,22-,23+. The number of amides is 2. The van der Waals surface area contributed by atoms with Crippen LogP contribution >= 0.6 is 0 Å². The third kappa shape index (κ3) is 4.59. The van der Waals surface area contributed by atoms with E-state index in [1.807, 2.05) is 55.5 Å². The van der Waals surface area contributed by atoms with E-state index < -0.39 is 0 Å². The highest BCUT2D eigenvalue weighted by molar-refractivity contribution is 5.97. The van der Waals surface area contributed by atoms with Gasteiger partial charge >= 0.3 is 0 Å². The highest BCUT2D eigenvalue weighted by Crippen LogP contribution is 2.39. The minimum absolute atomic E-state index is 0.0716. The van der Waals surface area contributed by atoms with Gasteiger partial charge in [-0.05, 0) is 62.4 Å². The van der Waals surface area contributed by atoms with Crippen molar-refractivity contribution in [2.75, 3.05) is 11.7 Å². The molecule has 8 nitrogen and oxygen atoms in total. The lowest BCUT2D eigenvalue weighted by Crippen LogP contribution is -2.50. The highest BCUT2D eigenvalue weighted by Gasteiger charge is 2.42. The molecule has 2 fully saturated rings. The lowest BCUT2D eigenvalue weighted by molar-refractivity contribution is 0.0923. The molecule has 2 bridgehead atoms. The molecule has 0 saturated carbocycles. The lowest BCUT2D eigenvalue weighted by atomic mass is 9.96. The maximum absolute atomic E-state index is 13.1. The van der Waals surface area contributed by atoms with Gasteiger partial charge in [0.05, 0.1) is 5.56 Å². The molecule has 2 aromatic carbocycles. The van der Waals surface area contributed by atoms with E-state index in [9.17, 15) is 9.59 Å². The van der Waals surface area contributed by atoms with Crippen molar-refractivity contribution in [3.63, 3.8) is 0 Å². The molecule has 3 aliphatic heterocycles. The molecule has 3 aliphatic rings. The lowest BCUT2D eigenvalue weighted by Gasteiger charge is -2.40. The van der Waals surface area contributed by atoms with Gasteiger partial charge in [0.25, 0.3) is 11.8 Å². The topological polar surface area (TPSA) is 92.8 Å². The Hall–Kier alpha value is -4.07. The van der Waals surface area contributed by atoms with Gasteiger partial charge in [0.15, 0.2) is 11.5 Å². The molecule has 1 unspecified atom stereocenters. The first-order valence-electron chi connectivity index (χ1n) is 12.8. The number of carbonyl (C=O) groups excluding carboxylic acids is 2. The van der Waals surface area contributed by atoms with Crippen molar-refractivity contribution in [3.05, 3.63) is 83.0 Å². The van der Waals surface area contributed by atoms with E-state index in [2.05, 4.69) is 20.5 Å². The molecular formula is C29H30N4O4. The number of benzene rings is 2. The summed E-state index contributed by atoms with van der Waals surface area (Å²) in [5.74, 6) is 2.03. The number of ether oxygens (including phenoxy) is 2. The summed E-state index contributed by atoms with van der Waals surface area (Å²) in [6.07, 6.45) is 5.53.